The van der Waals surface area contributed by atoms with Crippen LogP contribution in [0.2, 0.25) is 0 Å². The topological polar surface area (TPSA) is 96.2 Å². The highest BCUT2D eigenvalue weighted by molar-refractivity contribution is 6.00. The molecule has 1 atom stereocenters. The number of anilines is 3. The molecule has 3 amide bonds. The van der Waals surface area contributed by atoms with Crippen LogP contribution >= 0.6 is 0 Å². The van der Waals surface area contributed by atoms with E-state index in [2.05, 4.69) is 16.0 Å². The summed E-state index contributed by atoms with van der Waals surface area (Å²) in [5.41, 5.74) is 7.07. The largest absolute Gasteiger partial charge is 0.325 e. The summed E-state index contributed by atoms with van der Waals surface area (Å²) in [5.74, 6) is -0.225. The molecule has 0 aromatic heterocycles. The van der Waals surface area contributed by atoms with Gasteiger partial charge in [0.1, 0.15) is 0 Å². The van der Waals surface area contributed by atoms with Gasteiger partial charge in [-0.15, -0.1) is 0 Å². The van der Waals surface area contributed by atoms with Gasteiger partial charge in [0, 0.05) is 17.1 Å². The summed E-state index contributed by atoms with van der Waals surface area (Å²) in [5, 5.41) is 8.26. The van der Waals surface area contributed by atoms with Crippen molar-refractivity contribution < 1.29 is 9.59 Å². The van der Waals surface area contributed by atoms with Crippen molar-refractivity contribution in [1.29, 1.82) is 0 Å². The van der Waals surface area contributed by atoms with Gasteiger partial charge in [0.05, 0.1) is 5.54 Å². The van der Waals surface area contributed by atoms with E-state index in [4.69, 9.17) is 5.73 Å². The van der Waals surface area contributed by atoms with Crippen LogP contribution in [0.4, 0.5) is 21.9 Å². The van der Waals surface area contributed by atoms with E-state index in [1.165, 1.54) is 0 Å². The average molecular weight is 340 g/mol. The van der Waals surface area contributed by atoms with Crippen LogP contribution in [0.15, 0.2) is 54.6 Å². The van der Waals surface area contributed by atoms with Crippen molar-refractivity contribution >= 4 is 29.0 Å². The summed E-state index contributed by atoms with van der Waals surface area (Å²) in [6.45, 7) is 3.70. The Hall–Kier alpha value is -2.86. The van der Waals surface area contributed by atoms with E-state index in [1.54, 1.807) is 43.3 Å². The maximum atomic E-state index is 12.2. The van der Waals surface area contributed by atoms with Gasteiger partial charge in [-0.05, 0) is 49.7 Å². The number of nitrogens with two attached hydrogens (primary N) is 1. The third-order valence-electron chi connectivity index (χ3n) is 3.72. The molecule has 0 aliphatic heterocycles. The van der Waals surface area contributed by atoms with Gasteiger partial charge in [-0.1, -0.05) is 31.5 Å². The van der Waals surface area contributed by atoms with E-state index in [9.17, 15) is 9.59 Å². The Kier molecular flexibility index (Phi) is 6.14. The molecule has 2 aromatic carbocycles. The summed E-state index contributed by atoms with van der Waals surface area (Å²) < 4.78 is 0. The molecule has 2 rings (SSSR count). The Labute approximate surface area is 147 Å². The fraction of sp³-hybridized carbons (Fsp3) is 0.263. The molecule has 2 aromatic rings. The zero-order valence-electron chi connectivity index (χ0n) is 14.5. The zero-order valence-corrected chi connectivity index (χ0v) is 14.5. The lowest BCUT2D eigenvalue weighted by Crippen LogP contribution is -2.48. The summed E-state index contributed by atoms with van der Waals surface area (Å²) in [6, 6.07) is 15.7. The lowest BCUT2D eigenvalue weighted by atomic mass is 9.96. The first-order chi connectivity index (χ1) is 11.9. The van der Waals surface area contributed by atoms with Gasteiger partial charge in [0.15, 0.2) is 0 Å². The van der Waals surface area contributed by atoms with Gasteiger partial charge in [-0.25, -0.2) is 4.79 Å². The number of rotatable bonds is 6. The molecule has 0 spiro atoms. The molecule has 0 aliphatic rings. The summed E-state index contributed by atoms with van der Waals surface area (Å²) >= 11 is 0. The number of nitrogens with one attached hydrogen (secondary N) is 3. The molecule has 0 heterocycles. The minimum absolute atomic E-state index is 0.225. The molecule has 6 heteroatoms. The molecular weight excluding hydrogens is 316 g/mol. The van der Waals surface area contributed by atoms with Gasteiger partial charge in [-0.3, -0.25) is 4.79 Å². The molecule has 0 aliphatic carbocycles. The minimum Gasteiger partial charge on any atom is -0.325 e. The van der Waals surface area contributed by atoms with Crippen LogP contribution < -0.4 is 21.7 Å². The van der Waals surface area contributed by atoms with Gasteiger partial charge in [0.25, 0.3) is 0 Å². The van der Waals surface area contributed by atoms with E-state index in [1.807, 2.05) is 25.1 Å². The molecule has 0 saturated heterocycles. The number of urea groups is 1. The van der Waals surface area contributed by atoms with Crippen LogP contribution in [0.1, 0.15) is 26.7 Å². The van der Waals surface area contributed by atoms with Crippen molar-refractivity contribution in [2.75, 3.05) is 16.0 Å². The number of para-hydroxylation sites is 1. The highest BCUT2D eigenvalue weighted by Gasteiger charge is 2.27. The Morgan fingerprint density at radius 1 is 0.880 bits per heavy atom. The van der Waals surface area contributed by atoms with Gasteiger partial charge in [-0.2, -0.15) is 0 Å². The SMILES string of the molecule is CCCC(C)(N)C(=O)Nc1ccc(NC(=O)Nc2ccccc2)cc1. The number of hydrogen-bond donors (Lipinski definition) is 4. The molecule has 0 saturated carbocycles. The van der Waals surface area contributed by atoms with E-state index in [-0.39, 0.29) is 11.9 Å². The Bertz CT molecular complexity index is 712. The van der Waals surface area contributed by atoms with Crippen LogP contribution in [0.3, 0.4) is 0 Å². The van der Waals surface area contributed by atoms with E-state index < -0.39 is 5.54 Å². The third kappa shape index (κ3) is 5.61. The second-order valence-corrected chi connectivity index (χ2v) is 6.14. The van der Waals surface area contributed by atoms with E-state index in [0.29, 0.717) is 23.5 Å². The van der Waals surface area contributed by atoms with E-state index in [0.717, 1.165) is 6.42 Å². The van der Waals surface area contributed by atoms with Crippen molar-refractivity contribution in [1.82, 2.24) is 0 Å². The van der Waals surface area contributed by atoms with Gasteiger partial charge >= 0.3 is 6.03 Å². The maximum Gasteiger partial charge on any atom is 0.323 e. The molecule has 0 fully saturated rings. The fourth-order valence-corrected chi connectivity index (χ4v) is 2.36. The molecule has 0 bridgehead atoms. The lowest BCUT2D eigenvalue weighted by molar-refractivity contribution is -0.120. The van der Waals surface area contributed by atoms with Crippen LogP contribution in [0.5, 0.6) is 0 Å². The normalized spacial score (nSPS) is 12.8. The Balaban J connectivity index is 1.91. The van der Waals surface area contributed by atoms with Crippen LogP contribution in [-0.2, 0) is 4.79 Å². The number of carbonyl (C=O) groups is 2. The number of carbonyl (C=O) groups excluding carboxylic acids is 2. The molecule has 132 valence electrons. The fourth-order valence-electron chi connectivity index (χ4n) is 2.36. The Morgan fingerprint density at radius 3 is 1.88 bits per heavy atom. The molecule has 5 N–H and O–H groups in total. The summed E-state index contributed by atoms with van der Waals surface area (Å²) in [7, 11) is 0. The van der Waals surface area contributed by atoms with Crippen molar-refractivity contribution in [3.05, 3.63) is 54.6 Å². The second-order valence-electron chi connectivity index (χ2n) is 6.14. The summed E-state index contributed by atoms with van der Waals surface area (Å²) in [4.78, 5) is 24.1. The van der Waals surface area contributed by atoms with Crippen molar-refractivity contribution in [3.63, 3.8) is 0 Å². The third-order valence-corrected chi connectivity index (χ3v) is 3.72. The number of hydrogen-bond acceptors (Lipinski definition) is 3. The Morgan fingerprint density at radius 2 is 1.36 bits per heavy atom. The van der Waals surface area contributed by atoms with Crippen molar-refractivity contribution in [2.45, 2.75) is 32.2 Å². The van der Waals surface area contributed by atoms with Gasteiger partial charge in [0.2, 0.25) is 5.91 Å². The predicted molar refractivity (Wildman–Crippen MR) is 102 cm³/mol. The molecule has 1 unspecified atom stereocenters. The second kappa shape index (κ2) is 8.30. The quantitative estimate of drug-likeness (QED) is 0.644. The first kappa shape index (κ1) is 18.5. The monoisotopic (exact) mass is 340 g/mol. The van der Waals surface area contributed by atoms with Gasteiger partial charge < -0.3 is 21.7 Å². The lowest BCUT2D eigenvalue weighted by Gasteiger charge is -2.22. The maximum absolute atomic E-state index is 12.2. The predicted octanol–water partition coefficient (Wildman–Crippen LogP) is 3.79. The van der Waals surface area contributed by atoms with Crippen molar-refractivity contribution in [2.24, 2.45) is 5.73 Å². The van der Waals surface area contributed by atoms with Crippen LogP contribution in [-0.4, -0.2) is 17.5 Å². The van der Waals surface area contributed by atoms with Crippen LogP contribution in [0.25, 0.3) is 0 Å². The first-order valence-corrected chi connectivity index (χ1v) is 8.24. The standard InChI is InChI=1S/C19H24N4O2/c1-3-13-19(2,20)17(24)21-15-9-11-16(12-10-15)23-18(25)22-14-7-5-4-6-8-14/h4-12H,3,13,20H2,1-2H3,(H,21,24)(H2,22,23,25). The first-order valence-electron chi connectivity index (χ1n) is 8.24. The number of benzene rings is 2. The zero-order chi connectivity index (χ0) is 18.3. The molecule has 0 radical (unpaired) electrons. The minimum atomic E-state index is -0.902. The summed E-state index contributed by atoms with van der Waals surface area (Å²) in [6.07, 6.45) is 1.44. The molecule has 6 nitrogen and oxygen atoms in total. The van der Waals surface area contributed by atoms with E-state index >= 15 is 0 Å². The highest BCUT2D eigenvalue weighted by Crippen LogP contribution is 2.17. The average Bonchev–Trinajstić information content (AvgIpc) is 2.57. The smallest absolute Gasteiger partial charge is 0.323 e. The van der Waals surface area contributed by atoms with Crippen molar-refractivity contribution in [3.8, 4) is 0 Å². The number of amides is 3. The van der Waals surface area contributed by atoms with Crippen LogP contribution in [0, 0.1) is 0 Å². The molecule has 25 heavy (non-hydrogen) atoms. The highest BCUT2D eigenvalue weighted by atomic mass is 16.2. The molecular formula is C19H24N4O2.